The summed E-state index contributed by atoms with van der Waals surface area (Å²) in [7, 11) is 0. The van der Waals surface area contributed by atoms with Crippen LogP contribution in [0.4, 0.5) is 11.4 Å². The molecule has 1 aromatic heterocycles. The Morgan fingerprint density at radius 3 is 2.20 bits per heavy atom. The second-order valence-corrected chi connectivity index (χ2v) is 6.61. The molecular weight excluding hydrogens is 332 g/mol. The molecule has 3 aromatic rings. The van der Waals surface area contributed by atoms with Crippen molar-refractivity contribution in [3.63, 3.8) is 0 Å². The lowest BCUT2D eigenvalue weighted by Crippen LogP contribution is -2.15. The third-order valence-electron chi connectivity index (χ3n) is 3.78. The topological polar surface area (TPSA) is 58.2 Å². The number of anilines is 2. The number of rotatable bonds is 5. The van der Waals surface area contributed by atoms with Crippen molar-refractivity contribution in [3.05, 3.63) is 82.0 Å². The zero-order chi connectivity index (χ0) is 17.6. The zero-order valence-electron chi connectivity index (χ0n) is 13.8. The van der Waals surface area contributed by atoms with Gasteiger partial charge in [0, 0.05) is 11.4 Å². The molecule has 0 atom stereocenters. The highest BCUT2D eigenvalue weighted by Crippen LogP contribution is 2.17. The van der Waals surface area contributed by atoms with Gasteiger partial charge in [0.15, 0.2) is 0 Å². The van der Waals surface area contributed by atoms with Crippen LogP contribution in [-0.4, -0.2) is 11.8 Å². The molecular formula is C20H18N2O2S. The molecule has 0 saturated carbocycles. The Hall–Kier alpha value is -2.92. The van der Waals surface area contributed by atoms with E-state index in [1.807, 2.05) is 42.6 Å². The van der Waals surface area contributed by atoms with Crippen LogP contribution in [-0.2, 0) is 11.2 Å². The minimum atomic E-state index is -0.133. The first kappa shape index (κ1) is 16.9. The van der Waals surface area contributed by atoms with Crippen molar-refractivity contribution < 1.29 is 9.59 Å². The maximum atomic E-state index is 12.2. The van der Waals surface area contributed by atoms with Gasteiger partial charge in [0.25, 0.3) is 5.91 Å². The molecule has 25 heavy (non-hydrogen) atoms. The minimum Gasteiger partial charge on any atom is -0.326 e. The van der Waals surface area contributed by atoms with Gasteiger partial charge in [0.2, 0.25) is 5.91 Å². The summed E-state index contributed by atoms with van der Waals surface area (Å²) in [5, 5.41) is 7.57. The van der Waals surface area contributed by atoms with E-state index in [1.54, 1.807) is 30.3 Å². The van der Waals surface area contributed by atoms with E-state index in [0.717, 1.165) is 11.1 Å². The molecule has 4 nitrogen and oxygen atoms in total. The van der Waals surface area contributed by atoms with Gasteiger partial charge in [-0.25, -0.2) is 0 Å². The van der Waals surface area contributed by atoms with Crippen LogP contribution in [0.5, 0.6) is 0 Å². The normalized spacial score (nSPS) is 10.3. The number of hydrogen-bond acceptors (Lipinski definition) is 3. The molecule has 2 aromatic carbocycles. The SMILES string of the molecule is Cc1ccccc1CC(=O)Nc1ccc(NC(=O)c2cccs2)cc1. The molecule has 126 valence electrons. The van der Waals surface area contributed by atoms with Gasteiger partial charge in [-0.1, -0.05) is 30.3 Å². The predicted octanol–water partition coefficient (Wildman–Crippen LogP) is 4.49. The van der Waals surface area contributed by atoms with Crippen molar-refractivity contribution >= 4 is 34.5 Å². The van der Waals surface area contributed by atoms with Gasteiger partial charge >= 0.3 is 0 Å². The number of nitrogens with one attached hydrogen (secondary N) is 2. The monoisotopic (exact) mass is 350 g/mol. The van der Waals surface area contributed by atoms with E-state index in [0.29, 0.717) is 22.7 Å². The molecule has 5 heteroatoms. The number of hydrogen-bond donors (Lipinski definition) is 2. The van der Waals surface area contributed by atoms with Crippen molar-refractivity contribution in [3.8, 4) is 0 Å². The van der Waals surface area contributed by atoms with Crippen molar-refractivity contribution in [2.45, 2.75) is 13.3 Å². The standard InChI is InChI=1S/C20H18N2O2S/c1-14-5-2-3-6-15(14)13-19(23)21-16-8-10-17(11-9-16)22-20(24)18-7-4-12-25-18/h2-12H,13H2,1H3,(H,21,23)(H,22,24). The average Bonchev–Trinajstić information content (AvgIpc) is 3.13. The van der Waals surface area contributed by atoms with E-state index in [2.05, 4.69) is 10.6 Å². The Bertz CT molecular complexity index is 871. The summed E-state index contributed by atoms with van der Waals surface area (Å²) >= 11 is 1.39. The molecule has 0 fully saturated rings. The van der Waals surface area contributed by atoms with Gasteiger partial charge < -0.3 is 10.6 Å². The van der Waals surface area contributed by atoms with Crippen molar-refractivity contribution in [2.24, 2.45) is 0 Å². The van der Waals surface area contributed by atoms with Gasteiger partial charge in [-0.05, 0) is 53.8 Å². The first-order valence-electron chi connectivity index (χ1n) is 7.91. The molecule has 0 bridgehead atoms. The number of benzene rings is 2. The highest BCUT2D eigenvalue weighted by molar-refractivity contribution is 7.12. The van der Waals surface area contributed by atoms with Crippen LogP contribution in [0.15, 0.2) is 66.0 Å². The fourth-order valence-corrected chi connectivity index (χ4v) is 3.04. The van der Waals surface area contributed by atoms with Crippen LogP contribution < -0.4 is 10.6 Å². The number of aryl methyl sites for hydroxylation is 1. The molecule has 2 amide bonds. The van der Waals surface area contributed by atoms with Gasteiger partial charge in [-0.2, -0.15) is 0 Å². The number of thiophene rings is 1. The predicted molar refractivity (Wildman–Crippen MR) is 102 cm³/mol. The van der Waals surface area contributed by atoms with Gasteiger partial charge in [-0.3, -0.25) is 9.59 Å². The van der Waals surface area contributed by atoms with Crippen LogP contribution in [0.2, 0.25) is 0 Å². The lowest BCUT2D eigenvalue weighted by molar-refractivity contribution is -0.115. The maximum absolute atomic E-state index is 12.2. The summed E-state index contributed by atoms with van der Waals surface area (Å²) in [6.45, 7) is 1.99. The number of amides is 2. The van der Waals surface area contributed by atoms with Crippen LogP contribution >= 0.6 is 11.3 Å². The van der Waals surface area contributed by atoms with E-state index < -0.39 is 0 Å². The first-order valence-corrected chi connectivity index (χ1v) is 8.79. The minimum absolute atomic E-state index is 0.0651. The van der Waals surface area contributed by atoms with Crippen LogP contribution in [0.3, 0.4) is 0 Å². The van der Waals surface area contributed by atoms with Crippen LogP contribution in [0.1, 0.15) is 20.8 Å². The van der Waals surface area contributed by atoms with Gasteiger partial charge in [-0.15, -0.1) is 11.3 Å². The van der Waals surface area contributed by atoms with E-state index in [4.69, 9.17) is 0 Å². The Labute approximate surface area is 150 Å². The van der Waals surface area contributed by atoms with E-state index in [-0.39, 0.29) is 11.8 Å². The lowest BCUT2D eigenvalue weighted by Gasteiger charge is -2.09. The molecule has 0 saturated heterocycles. The highest BCUT2D eigenvalue weighted by Gasteiger charge is 2.08. The zero-order valence-corrected chi connectivity index (χ0v) is 14.6. The summed E-state index contributed by atoms with van der Waals surface area (Å²) in [6, 6.07) is 18.6. The van der Waals surface area contributed by atoms with E-state index >= 15 is 0 Å². The van der Waals surface area contributed by atoms with Gasteiger partial charge in [0.05, 0.1) is 11.3 Å². The Balaban J connectivity index is 1.58. The van der Waals surface area contributed by atoms with Crippen LogP contribution in [0, 0.1) is 6.92 Å². The summed E-state index contributed by atoms with van der Waals surface area (Å²) in [6.07, 6.45) is 0.337. The third-order valence-corrected chi connectivity index (χ3v) is 4.65. The largest absolute Gasteiger partial charge is 0.326 e. The van der Waals surface area contributed by atoms with E-state index in [1.165, 1.54) is 11.3 Å². The molecule has 2 N–H and O–H groups in total. The maximum Gasteiger partial charge on any atom is 0.265 e. The fourth-order valence-electron chi connectivity index (χ4n) is 2.42. The third kappa shape index (κ3) is 4.55. The first-order chi connectivity index (χ1) is 12.1. The summed E-state index contributed by atoms with van der Waals surface area (Å²) in [5.41, 5.74) is 3.51. The average molecular weight is 350 g/mol. The highest BCUT2D eigenvalue weighted by atomic mass is 32.1. The Kier molecular flexibility index (Phi) is 5.26. The second kappa shape index (κ2) is 7.77. The molecule has 0 radical (unpaired) electrons. The number of carbonyl (C=O) groups is 2. The molecule has 0 spiro atoms. The molecule has 0 aliphatic heterocycles. The smallest absolute Gasteiger partial charge is 0.265 e. The molecule has 3 rings (SSSR count). The Morgan fingerprint density at radius 2 is 1.56 bits per heavy atom. The van der Waals surface area contributed by atoms with Crippen molar-refractivity contribution in [1.82, 2.24) is 0 Å². The molecule has 0 aliphatic rings. The second-order valence-electron chi connectivity index (χ2n) is 5.66. The molecule has 1 heterocycles. The summed E-state index contributed by atoms with van der Waals surface area (Å²) in [5.74, 6) is -0.198. The summed E-state index contributed by atoms with van der Waals surface area (Å²) in [4.78, 5) is 24.8. The Morgan fingerprint density at radius 1 is 0.880 bits per heavy atom. The lowest BCUT2D eigenvalue weighted by atomic mass is 10.1. The molecule has 0 aliphatic carbocycles. The fraction of sp³-hybridized carbons (Fsp3) is 0.100. The number of carbonyl (C=O) groups excluding carboxylic acids is 2. The molecule has 0 unspecified atom stereocenters. The van der Waals surface area contributed by atoms with E-state index in [9.17, 15) is 9.59 Å². The van der Waals surface area contributed by atoms with Crippen molar-refractivity contribution in [1.29, 1.82) is 0 Å². The summed E-state index contributed by atoms with van der Waals surface area (Å²) < 4.78 is 0. The quantitative estimate of drug-likeness (QED) is 0.712. The van der Waals surface area contributed by atoms with Crippen molar-refractivity contribution in [2.75, 3.05) is 10.6 Å². The van der Waals surface area contributed by atoms with Gasteiger partial charge in [0.1, 0.15) is 0 Å². The van der Waals surface area contributed by atoms with Crippen LogP contribution in [0.25, 0.3) is 0 Å².